The first-order valence-electron chi connectivity index (χ1n) is 11.4. The molecule has 1 aromatic heterocycles. The molecule has 2 aromatic carbocycles. The van der Waals surface area contributed by atoms with Crippen molar-refractivity contribution >= 4 is 23.3 Å². The fourth-order valence-electron chi connectivity index (χ4n) is 4.05. The molecule has 0 atom stereocenters. The first-order valence-corrected chi connectivity index (χ1v) is 11.8. The molecule has 1 saturated heterocycles. The molecule has 35 heavy (non-hydrogen) atoms. The number of nitrogens with zero attached hydrogens (tertiary/aromatic N) is 4. The molecule has 0 spiro atoms. The van der Waals surface area contributed by atoms with Gasteiger partial charge in [0.1, 0.15) is 5.75 Å². The molecule has 0 saturated carbocycles. The van der Waals surface area contributed by atoms with E-state index >= 15 is 0 Å². The third-order valence-electron chi connectivity index (χ3n) is 6.06. The maximum Gasteiger partial charge on any atom is 0.260 e. The molecule has 2 heterocycles. The Morgan fingerprint density at radius 3 is 2.20 bits per heavy atom. The van der Waals surface area contributed by atoms with Crippen molar-refractivity contribution in [3.63, 3.8) is 0 Å². The zero-order valence-electron chi connectivity index (χ0n) is 20.4. The summed E-state index contributed by atoms with van der Waals surface area (Å²) in [5, 5.41) is 9.53. The molecule has 8 nitrogen and oxygen atoms in total. The van der Waals surface area contributed by atoms with Gasteiger partial charge >= 0.3 is 0 Å². The minimum atomic E-state index is -0.0372. The Kier molecular flexibility index (Phi) is 7.60. The standard InChI is InChI=1S/C26H29ClN4O4/c1-17-13-20(14-18(2)26(17)27)35-16-25(32)31-11-9-30(10-12-31)24-8-6-21(28-29-24)19-5-7-22(33-3)23(15-19)34-4/h5-8,13-15H,9-12,16H2,1-4H3. The summed E-state index contributed by atoms with van der Waals surface area (Å²) in [7, 11) is 3.21. The topological polar surface area (TPSA) is 77.0 Å². The van der Waals surface area contributed by atoms with Crippen LogP contribution >= 0.6 is 11.6 Å². The Morgan fingerprint density at radius 1 is 0.914 bits per heavy atom. The van der Waals surface area contributed by atoms with Crippen LogP contribution in [0.3, 0.4) is 0 Å². The SMILES string of the molecule is COc1ccc(-c2ccc(N3CCN(C(=O)COc4cc(C)c(Cl)c(C)c4)CC3)nn2)cc1OC. The van der Waals surface area contributed by atoms with E-state index in [2.05, 4.69) is 15.1 Å². The Labute approximate surface area is 210 Å². The summed E-state index contributed by atoms with van der Waals surface area (Å²) in [5.41, 5.74) is 3.50. The molecule has 0 bridgehead atoms. The number of aromatic nitrogens is 2. The predicted molar refractivity (Wildman–Crippen MR) is 136 cm³/mol. The highest BCUT2D eigenvalue weighted by molar-refractivity contribution is 6.32. The van der Waals surface area contributed by atoms with Crippen molar-refractivity contribution in [1.82, 2.24) is 15.1 Å². The van der Waals surface area contributed by atoms with Crippen LogP contribution in [0.4, 0.5) is 5.82 Å². The average molecular weight is 497 g/mol. The largest absolute Gasteiger partial charge is 0.493 e. The number of ether oxygens (including phenoxy) is 3. The second kappa shape index (κ2) is 10.8. The van der Waals surface area contributed by atoms with Gasteiger partial charge in [0.2, 0.25) is 0 Å². The molecule has 9 heteroatoms. The number of halogens is 1. The predicted octanol–water partition coefficient (Wildman–Crippen LogP) is 4.16. The third-order valence-corrected chi connectivity index (χ3v) is 6.65. The summed E-state index contributed by atoms with van der Waals surface area (Å²) in [6.45, 7) is 6.39. The van der Waals surface area contributed by atoms with Gasteiger partial charge in [0.15, 0.2) is 23.9 Å². The van der Waals surface area contributed by atoms with E-state index in [4.69, 9.17) is 25.8 Å². The van der Waals surface area contributed by atoms with E-state index in [1.54, 1.807) is 14.2 Å². The number of methoxy groups -OCH3 is 2. The van der Waals surface area contributed by atoms with Gasteiger partial charge < -0.3 is 24.0 Å². The van der Waals surface area contributed by atoms with Crippen molar-refractivity contribution in [2.75, 3.05) is 51.9 Å². The van der Waals surface area contributed by atoms with E-state index in [0.29, 0.717) is 43.4 Å². The first kappa shape index (κ1) is 24.6. The monoisotopic (exact) mass is 496 g/mol. The highest BCUT2D eigenvalue weighted by Crippen LogP contribution is 2.31. The summed E-state index contributed by atoms with van der Waals surface area (Å²) in [4.78, 5) is 16.6. The number of anilines is 1. The van der Waals surface area contributed by atoms with E-state index in [1.165, 1.54) is 0 Å². The number of hydrogen-bond donors (Lipinski definition) is 0. The maximum atomic E-state index is 12.7. The van der Waals surface area contributed by atoms with Crippen LogP contribution in [-0.4, -0.2) is 68.0 Å². The number of hydrogen-bond acceptors (Lipinski definition) is 7. The molecular weight excluding hydrogens is 468 g/mol. The lowest BCUT2D eigenvalue weighted by atomic mass is 10.1. The van der Waals surface area contributed by atoms with Crippen LogP contribution in [0.25, 0.3) is 11.3 Å². The number of piperazine rings is 1. The minimum Gasteiger partial charge on any atom is -0.493 e. The summed E-state index contributed by atoms with van der Waals surface area (Å²) in [5.74, 6) is 2.70. The lowest BCUT2D eigenvalue weighted by Gasteiger charge is -2.35. The van der Waals surface area contributed by atoms with E-state index in [9.17, 15) is 4.79 Å². The van der Waals surface area contributed by atoms with Crippen LogP contribution in [0.1, 0.15) is 11.1 Å². The Morgan fingerprint density at radius 2 is 1.60 bits per heavy atom. The number of benzene rings is 2. The van der Waals surface area contributed by atoms with Gasteiger partial charge in [0.25, 0.3) is 5.91 Å². The van der Waals surface area contributed by atoms with Crippen molar-refractivity contribution in [3.8, 4) is 28.5 Å². The lowest BCUT2D eigenvalue weighted by molar-refractivity contribution is -0.133. The number of amides is 1. The van der Waals surface area contributed by atoms with Gasteiger partial charge in [-0.15, -0.1) is 10.2 Å². The molecule has 1 aliphatic heterocycles. The summed E-state index contributed by atoms with van der Waals surface area (Å²) >= 11 is 6.21. The highest BCUT2D eigenvalue weighted by Gasteiger charge is 2.23. The van der Waals surface area contributed by atoms with E-state index in [0.717, 1.165) is 33.2 Å². The van der Waals surface area contributed by atoms with Gasteiger partial charge in [-0.25, -0.2) is 0 Å². The average Bonchev–Trinajstić information content (AvgIpc) is 2.90. The van der Waals surface area contributed by atoms with Crippen LogP contribution in [-0.2, 0) is 4.79 Å². The number of rotatable bonds is 7. The van der Waals surface area contributed by atoms with Crippen molar-refractivity contribution < 1.29 is 19.0 Å². The first-order chi connectivity index (χ1) is 16.9. The summed E-state index contributed by atoms with van der Waals surface area (Å²) < 4.78 is 16.4. The quantitative estimate of drug-likeness (QED) is 0.486. The molecular formula is C26H29ClN4O4. The third kappa shape index (κ3) is 5.59. The van der Waals surface area contributed by atoms with Crippen LogP contribution in [0.2, 0.25) is 5.02 Å². The Bertz CT molecular complexity index is 1170. The number of aryl methyl sites for hydroxylation is 2. The molecule has 3 aromatic rings. The highest BCUT2D eigenvalue weighted by atomic mass is 35.5. The molecule has 1 fully saturated rings. The molecule has 1 aliphatic rings. The van der Waals surface area contributed by atoms with E-state index in [-0.39, 0.29) is 12.5 Å². The van der Waals surface area contributed by atoms with Gasteiger partial charge in [0.05, 0.1) is 19.9 Å². The van der Waals surface area contributed by atoms with Crippen molar-refractivity contribution in [3.05, 3.63) is 58.6 Å². The lowest BCUT2D eigenvalue weighted by Crippen LogP contribution is -2.50. The van der Waals surface area contributed by atoms with Crippen LogP contribution in [0.15, 0.2) is 42.5 Å². The molecule has 184 valence electrons. The van der Waals surface area contributed by atoms with Crippen LogP contribution in [0, 0.1) is 13.8 Å². The molecule has 0 aliphatic carbocycles. The van der Waals surface area contributed by atoms with Gasteiger partial charge in [-0.2, -0.15) is 0 Å². The second-order valence-electron chi connectivity index (χ2n) is 8.37. The second-order valence-corrected chi connectivity index (χ2v) is 8.75. The Hall–Kier alpha value is -3.52. The smallest absolute Gasteiger partial charge is 0.260 e. The molecule has 4 rings (SSSR count). The van der Waals surface area contributed by atoms with Crippen LogP contribution in [0.5, 0.6) is 17.2 Å². The van der Waals surface area contributed by atoms with Gasteiger partial charge in [-0.3, -0.25) is 4.79 Å². The van der Waals surface area contributed by atoms with Crippen molar-refractivity contribution in [1.29, 1.82) is 0 Å². The zero-order valence-corrected chi connectivity index (χ0v) is 21.1. The van der Waals surface area contributed by atoms with Gasteiger partial charge in [0, 0.05) is 36.8 Å². The van der Waals surface area contributed by atoms with E-state index < -0.39 is 0 Å². The molecule has 1 amide bonds. The normalized spacial score (nSPS) is 13.5. The van der Waals surface area contributed by atoms with Gasteiger partial charge in [-0.1, -0.05) is 11.6 Å². The maximum absolute atomic E-state index is 12.7. The minimum absolute atomic E-state index is 0.000336. The molecule has 0 N–H and O–H groups in total. The van der Waals surface area contributed by atoms with Crippen LogP contribution < -0.4 is 19.1 Å². The molecule has 0 radical (unpaired) electrons. The van der Waals surface area contributed by atoms with E-state index in [1.807, 2.05) is 61.2 Å². The number of carbonyl (C=O) groups excluding carboxylic acids is 1. The molecule has 0 unspecified atom stereocenters. The fraction of sp³-hybridized carbons (Fsp3) is 0.346. The van der Waals surface area contributed by atoms with Gasteiger partial charge in [-0.05, 0) is 67.4 Å². The van der Waals surface area contributed by atoms with Crippen molar-refractivity contribution in [2.24, 2.45) is 0 Å². The summed E-state index contributed by atoms with van der Waals surface area (Å²) in [6.07, 6.45) is 0. The summed E-state index contributed by atoms with van der Waals surface area (Å²) in [6, 6.07) is 13.2. The zero-order chi connectivity index (χ0) is 24.9. The van der Waals surface area contributed by atoms with Crippen molar-refractivity contribution in [2.45, 2.75) is 13.8 Å². The Balaban J connectivity index is 1.32. The number of carbonyl (C=O) groups is 1. The fourth-order valence-corrected chi connectivity index (χ4v) is 4.16.